The van der Waals surface area contributed by atoms with Crippen molar-refractivity contribution in [2.24, 2.45) is 5.92 Å². The van der Waals surface area contributed by atoms with Crippen molar-refractivity contribution in [3.63, 3.8) is 0 Å². The molecular weight excluding hydrogens is 320 g/mol. The highest BCUT2D eigenvalue weighted by Gasteiger charge is 2.27. The minimum Gasteiger partial charge on any atom is -0.495 e. The summed E-state index contributed by atoms with van der Waals surface area (Å²) in [6.07, 6.45) is 4.75. The fourth-order valence-electron chi connectivity index (χ4n) is 2.98. The van der Waals surface area contributed by atoms with E-state index in [1.54, 1.807) is 7.11 Å². The molecule has 20 heavy (non-hydrogen) atoms. The molecule has 108 valence electrons. The smallest absolute Gasteiger partial charge is 0.135 e. The Labute approximate surface area is 126 Å². The van der Waals surface area contributed by atoms with E-state index in [-0.39, 0.29) is 6.10 Å². The molecule has 1 saturated carbocycles. The Morgan fingerprint density at radius 1 is 1.40 bits per heavy atom. The molecule has 5 heteroatoms. The number of fused-ring (bicyclic) bond motifs is 1. The monoisotopic (exact) mass is 338 g/mol. The first-order valence-electron chi connectivity index (χ1n) is 6.99. The number of halogens is 1. The zero-order chi connectivity index (χ0) is 14.3. The van der Waals surface area contributed by atoms with E-state index in [0.717, 1.165) is 40.4 Å². The highest BCUT2D eigenvalue weighted by atomic mass is 79.9. The summed E-state index contributed by atoms with van der Waals surface area (Å²) in [4.78, 5) is 0. The van der Waals surface area contributed by atoms with Crippen molar-refractivity contribution in [2.45, 2.75) is 38.3 Å². The lowest BCUT2D eigenvalue weighted by atomic mass is 9.85. The summed E-state index contributed by atoms with van der Waals surface area (Å²) < 4.78 is 8.31. The molecule has 1 N–H and O–H groups in total. The summed E-state index contributed by atoms with van der Waals surface area (Å²) in [5, 5.41) is 15.6. The second-order valence-corrected chi connectivity index (χ2v) is 6.52. The van der Waals surface area contributed by atoms with E-state index in [0.29, 0.717) is 12.0 Å². The molecule has 4 nitrogen and oxygen atoms in total. The molecule has 1 aliphatic carbocycles. The van der Waals surface area contributed by atoms with Gasteiger partial charge in [-0.15, -0.1) is 0 Å². The quantitative estimate of drug-likeness (QED) is 0.911. The molecule has 0 bridgehead atoms. The van der Waals surface area contributed by atoms with Crippen LogP contribution in [0.15, 0.2) is 22.8 Å². The van der Waals surface area contributed by atoms with Crippen molar-refractivity contribution in [3.05, 3.63) is 22.8 Å². The minimum atomic E-state index is -0.162. The zero-order valence-electron chi connectivity index (χ0n) is 11.7. The van der Waals surface area contributed by atoms with E-state index in [1.807, 2.05) is 12.1 Å². The Bertz CT molecular complexity index is 626. The summed E-state index contributed by atoms with van der Waals surface area (Å²) in [7, 11) is 1.66. The molecule has 1 aliphatic rings. The van der Waals surface area contributed by atoms with Crippen LogP contribution >= 0.6 is 15.9 Å². The van der Waals surface area contributed by atoms with Crippen LogP contribution in [0.3, 0.4) is 0 Å². The number of ether oxygens (including phenoxy) is 1. The number of hydrogen-bond acceptors (Lipinski definition) is 3. The molecule has 0 saturated heterocycles. The summed E-state index contributed by atoms with van der Waals surface area (Å²) in [6, 6.07) is 4.38. The third kappa shape index (κ3) is 2.44. The average Bonchev–Trinajstić information content (AvgIpc) is 2.83. The summed E-state index contributed by atoms with van der Waals surface area (Å²) in [6.45, 7) is 2.11. The predicted octanol–water partition coefficient (Wildman–Crippen LogP) is 3.53. The highest BCUT2D eigenvalue weighted by molar-refractivity contribution is 9.10. The lowest BCUT2D eigenvalue weighted by molar-refractivity contribution is 0.0574. The van der Waals surface area contributed by atoms with Gasteiger partial charge in [0, 0.05) is 17.6 Å². The predicted molar refractivity (Wildman–Crippen MR) is 82.0 cm³/mol. The Kier molecular flexibility index (Phi) is 3.73. The van der Waals surface area contributed by atoms with Crippen LogP contribution in [0, 0.1) is 5.92 Å². The largest absolute Gasteiger partial charge is 0.495 e. The van der Waals surface area contributed by atoms with E-state index in [1.165, 1.54) is 0 Å². The van der Waals surface area contributed by atoms with Gasteiger partial charge in [0.05, 0.1) is 29.2 Å². The molecule has 1 heterocycles. The molecule has 1 aromatic heterocycles. The van der Waals surface area contributed by atoms with Crippen molar-refractivity contribution in [1.82, 2.24) is 9.78 Å². The Balaban J connectivity index is 1.93. The number of aliphatic hydroxyl groups is 1. The zero-order valence-corrected chi connectivity index (χ0v) is 13.3. The molecule has 1 aromatic carbocycles. The molecule has 0 aliphatic heterocycles. The van der Waals surface area contributed by atoms with Crippen molar-refractivity contribution >= 4 is 26.8 Å². The lowest BCUT2D eigenvalue weighted by Gasteiger charge is -2.31. The highest BCUT2D eigenvalue weighted by Crippen LogP contribution is 2.34. The van der Waals surface area contributed by atoms with Crippen molar-refractivity contribution in [1.29, 1.82) is 0 Å². The lowest BCUT2D eigenvalue weighted by Crippen LogP contribution is -2.28. The normalized spacial score (nSPS) is 26.9. The second-order valence-electron chi connectivity index (χ2n) is 5.67. The van der Waals surface area contributed by atoms with E-state index < -0.39 is 0 Å². The third-order valence-corrected chi connectivity index (χ3v) is 4.89. The molecule has 1 fully saturated rings. The van der Waals surface area contributed by atoms with Crippen molar-refractivity contribution in [2.75, 3.05) is 7.11 Å². The Morgan fingerprint density at radius 2 is 2.20 bits per heavy atom. The molecular formula is C15H19BrN2O2. The summed E-state index contributed by atoms with van der Waals surface area (Å²) in [5.41, 5.74) is 0.948. The first kappa shape index (κ1) is 13.9. The number of aromatic nitrogens is 2. The van der Waals surface area contributed by atoms with Gasteiger partial charge in [0.1, 0.15) is 5.75 Å². The van der Waals surface area contributed by atoms with Crippen molar-refractivity contribution in [3.8, 4) is 5.75 Å². The van der Waals surface area contributed by atoms with Gasteiger partial charge in [-0.2, -0.15) is 5.10 Å². The van der Waals surface area contributed by atoms with Crippen LogP contribution in [0.25, 0.3) is 10.9 Å². The van der Waals surface area contributed by atoms with Crippen LogP contribution in [-0.2, 0) is 0 Å². The van der Waals surface area contributed by atoms with Crippen LogP contribution in [0.4, 0.5) is 0 Å². The van der Waals surface area contributed by atoms with Gasteiger partial charge >= 0.3 is 0 Å². The van der Waals surface area contributed by atoms with E-state index in [2.05, 4.69) is 38.8 Å². The van der Waals surface area contributed by atoms with Gasteiger partial charge in [0.15, 0.2) is 0 Å². The fourth-order valence-corrected chi connectivity index (χ4v) is 3.50. The number of benzene rings is 1. The maximum Gasteiger partial charge on any atom is 0.135 e. The molecule has 3 atom stereocenters. The fraction of sp³-hybridized carbons (Fsp3) is 0.533. The van der Waals surface area contributed by atoms with Crippen LogP contribution in [0.5, 0.6) is 5.75 Å². The molecule has 0 spiro atoms. The molecule has 3 rings (SSSR count). The number of hydrogen-bond donors (Lipinski definition) is 1. The summed E-state index contributed by atoms with van der Waals surface area (Å²) in [5.74, 6) is 1.14. The first-order valence-corrected chi connectivity index (χ1v) is 7.78. The van der Waals surface area contributed by atoms with E-state index in [9.17, 15) is 5.11 Å². The Morgan fingerprint density at radius 3 is 2.90 bits per heavy atom. The number of nitrogens with zero attached hydrogens (tertiary/aromatic N) is 2. The van der Waals surface area contributed by atoms with Crippen LogP contribution in [0.1, 0.15) is 32.2 Å². The van der Waals surface area contributed by atoms with E-state index in [4.69, 9.17) is 4.74 Å². The summed E-state index contributed by atoms with van der Waals surface area (Å²) >= 11 is 3.51. The molecule has 0 unspecified atom stereocenters. The third-order valence-electron chi connectivity index (χ3n) is 4.27. The van der Waals surface area contributed by atoms with E-state index >= 15 is 0 Å². The maximum absolute atomic E-state index is 9.83. The number of methoxy groups -OCH3 is 1. The minimum absolute atomic E-state index is 0.162. The maximum atomic E-state index is 9.83. The molecule has 0 radical (unpaired) electrons. The molecule has 2 aromatic rings. The van der Waals surface area contributed by atoms with Gasteiger partial charge in [-0.05, 0) is 47.2 Å². The van der Waals surface area contributed by atoms with Gasteiger partial charge in [-0.1, -0.05) is 6.92 Å². The van der Waals surface area contributed by atoms with Gasteiger partial charge < -0.3 is 9.84 Å². The first-order chi connectivity index (χ1) is 9.58. The molecule has 0 amide bonds. The van der Waals surface area contributed by atoms with Gasteiger partial charge in [0.25, 0.3) is 0 Å². The number of rotatable bonds is 2. The Hall–Kier alpha value is -1.07. The van der Waals surface area contributed by atoms with Crippen LogP contribution in [-0.4, -0.2) is 28.1 Å². The average molecular weight is 339 g/mol. The van der Waals surface area contributed by atoms with Crippen molar-refractivity contribution < 1.29 is 9.84 Å². The van der Waals surface area contributed by atoms with Crippen LogP contribution < -0.4 is 4.74 Å². The standard InChI is InChI=1S/C15H19BrN2O2/c1-9-5-11(3-4-14(9)19)18-8-10-6-12(16)15(20-2)7-13(10)17-18/h6-9,11,14,19H,3-5H2,1-2H3/t9-,11-,14+/m1/s1. The SMILES string of the molecule is COc1cc2nn([C@@H]3CC[C@H](O)[C@H](C)C3)cc2cc1Br. The second kappa shape index (κ2) is 5.37. The van der Waals surface area contributed by atoms with Gasteiger partial charge in [0.2, 0.25) is 0 Å². The van der Waals surface area contributed by atoms with Gasteiger partial charge in [-0.3, -0.25) is 4.68 Å². The van der Waals surface area contributed by atoms with Crippen LogP contribution in [0.2, 0.25) is 0 Å². The topological polar surface area (TPSA) is 47.3 Å². The van der Waals surface area contributed by atoms with Gasteiger partial charge in [-0.25, -0.2) is 0 Å². The number of aliphatic hydroxyl groups excluding tert-OH is 1.